The second-order valence-electron chi connectivity index (χ2n) is 5.54. The maximum atomic E-state index is 12.9. The summed E-state index contributed by atoms with van der Waals surface area (Å²) in [6, 6.07) is 19.5. The molecular formula is C20H17FN2O2. The number of benzene rings is 3. The largest absolute Gasteiger partial charge is 0.484 e. The van der Waals surface area contributed by atoms with Crippen molar-refractivity contribution in [2.75, 3.05) is 6.61 Å². The minimum absolute atomic E-state index is 0.140. The smallest absolute Gasteiger partial charge is 0.277 e. The number of hydrazone groups is 1. The minimum atomic E-state index is -0.366. The van der Waals surface area contributed by atoms with E-state index in [2.05, 4.69) is 10.5 Å². The molecular weight excluding hydrogens is 319 g/mol. The van der Waals surface area contributed by atoms with E-state index in [9.17, 15) is 9.18 Å². The summed E-state index contributed by atoms with van der Waals surface area (Å²) in [5, 5.41) is 6.16. The Labute approximate surface area is 144 Å². The molecule has 0 atom stereocenters. The highest BCUT2D eigenvalue weighted by molar-refractivity contribution is 5.99. The van der Waals surface area contributed by atoms with E-state index in [0.29, 0.717) is 11.5 Å². The summed E-state index contributed by atoms with van der Waals surface area (Å²) >= 11 is 0. The molecule has 0 spiro atoms. The van der Waals surface area contributed by atoms with Crippen LogP contribution in [-0.2, 0) is 4.79 Å². The van der Waals surface area contributed by atoms with Gasteiger partial charge in [0.25, 0.3) is 5.91 Å². The molecule has 0 heterocycles. The number of carbonyl (C=O) groups is 1. The molecule has 3 aromatic carbocycles. The lowest BCUT2D eigenvalue weighted by Gasteiger charge is -2.07. The number of nitrogens with one attached hydrogen (secondary N) is 1. The lowest BCUT2D eigenvalue weighted by atomic mass is 10.1. The second kappa shape index (κ2) is 7.57. The van der Waals surface area contributed by atoms with E-state index in [-0.39, 0.29) is 18.3 Å². The molecule has 0 fully saturated rings. The number of carbonyl (C=O) groups excluding carboxylic acids is 1. The summed E-state index contributed by atoms with van der Waals surface area (Å²) in [5.41, 5.74) is 3.75. The van der Waals surface area contributed by atoms with Gasteiger partial charge in [-0.25, -0.2) is 9.82 Å². The number of amides is 1. The summed E-state index contributed by atoms with van der Waals surface area (Å²) in [4.78, 5) is 11.9. The van der Waals surface area contributed by atoms with Crippen LogP contribution in [0.4, 0.5) is 4.39 Å². The summed E-state index contributed by atoms with van der Waals surface area (Å²) in [6.07, 6.45) is 0. The highest BCUT2D eigenvalue weighted by Gasteiger charge is 2.04. The number of hydrogen-bond donors (Lipinski definition) is 1. The zero-order valence-corrected chi connectivity index (χ0v) is 13.7. The summed E-state index contributed by atoms with van der Waals surface area (Å²) < 4.78 is 18.4. The van der Waals surface area contributed by atoms with Gasteiger partial charge in [0.2, 0.25) is 0 Å². The van der Waals surface area contributed by atoms with Crippen LogP contribution in [-0.4, -0.2) is 18.2 Å². The third-order valence-corrected chi connectivity index (χ3v) is 3.70. The number of nitrogens with zero attached hydrogens (tertiary/aromatic N) is 1. The molecule has 0 aliphatic rings. The van der Waals surface area contributed by atoms with Gasteiger partial charge >= 0.3 is 0 Å². The lowest BCUT2D eigenvalue weighted by molar-refractivity contribution is -0.123. The Balaban J connectivity index is 1.56. The molecule has 4 nitrogen and oxygen atoms in total. The van der Waals surface area contributed by atoms with Gasteiger partial charge in [0, 0.05) is 0 Å². The van der Waals surface area contributed by atoms with Crippen molar-refractivity contribution >= 4 is 22.4 Å². The molecule has 0 aliphatic heterocycles. The topological polar surface area (TPSA) is 50.7 Å². The first-order valence-electron chi connectivity index (χ1n) is 7.82. The molecule has 1 amide bonds. The van der Waals surface area contributed by atoms with Crippen LogP contribution in [0.25, 0.3) is 10.8 Å². The zero-order valence-electron chi connectivity index (χ0n) is 13.7. The number of ether oxygens (including phenoxy) is 1. The van der Waals surface area contributed by atoms with Crippen molar-refractivity contribution in [3.8, 4) is 5.75 Å². The molecule has 0 saturated heterocycles. The van der Waals surface area contributed by atoms with Crippen molar-refractivity contribution < 1.29 is 13.9 Å². The van der Waals surface area contributed by atoms with Crippen molar-refractivity contribution in [3.05, 3.63) is 78.1 Å². The fourth-order valence-electron chi connectivity index (χ4n) is 2.34. The molecule has 25 heavy (non-hydrogen) atoms. The van der Waals surface area contributed by atoms with Crippen LogP contribution < -0.4 is 10.2 Å². The molecule has 0 radical (unpaired) electrons. The van der Waals surface area contributed by atoms with Gasteiger partial charge in [-0.3, -0.25) is 4.79 Å². The van der Waals surface area contributed by atoms with Gasteiger partial charge in [0.05, 0.1) is 5.71 Å². The Bertz CT molecular complexity index is 920. The van der Waals surface area contributed by atoms with Gasteiger partial charge in [-0.1, -0.05) is 42.5 Å². The first kappa shape index (κ1) is 16.6. The average molecular weight is 336 g/mol. The van der Waals surface area contributed by atoms with Gasteiger partial charge in [0.1, 0.15) is 11.6 Å². The standard InChI is InChI=1S/C20H17FN2O2/c1-14(15-6-9-18(21)10-7-15)22-23-20(24)13-25-19-11-8-16-4-2-3-5-17(16)12-19/h2-12H,13H2,1H3,(H,23,24). The number of hydrogen-bond acceptors (Lipinski definition) is 3. The summed E-state index contributed by atoms with van der Waals surface area (Å²) in [7, 11) is 0. The summed E-state index contributed by atoms with van der Waals surface area (Å²) in [5.74, 6) is -0.0629. The van der Waals surface area contributed by atoms with Crippen LogP contribution >= 0.6 is 0 Å². The first-order valence-corrected chi connectivity index (χ1v) is 7.82. The van der Waals surface area contributed by atoms with Crippen molar-refractivity contribution in [3.63, 3.8) is 0 Å². The molecule has 0 aliphatic carbocycles. The summed E-state index contributed by atoms with van der Waals surface area (Å²) in [6.45, 7) is 1.59. The van der Waals surface area contributed by atoms with Gasteiger partial charge in [-0.2, -0.15) is 5.10 Å². The predicted molar refractivity (Wildman–Crippen MR) is 96.2 cm³/mol. The highest BCUT2D eigenvalue weighted by Crippen LogP contribution is 2.20. The predicted octanol–water partition coefficient (Wildman–Crippen LogP) is 3.90. The third kappa shape index (κ3) is 4.41. The van der Waals surface area contributed by atoms with Crippen LogP contribution in [0.3, 0.4) is 0 Å². The molecule has 3 rings (SSSR count). The molecule has 0 aromatic heterocycles. The van der Waals surface area contributed by atoms with E-state index in [0.717, 1.165) is 16.3 Å². The maximum Gasteiger partial charge on any atom is 0.277 e. The van der Waals surface area contributed by atoms with E-state index in [4.69, 9.17) is 4.74 Å². The lowest BCUT2D eigenvalue weighted by Crippen LogP contribution is -2.25. The van der Waals surface area contributed by atoms with Gasteiger partial charge in [0.15, 0.2) is 6.61 Å². The molecule has 5 heteroatoms. The molecule has 126 valence electrons. The van der Waals surface area contributed by atoms with Crippen LogP contribution in [0.2, 0.25) is 0 Å². The molecule has 1 N–H and O–H groups in total. The van der Waals surface area contributed by atoms with Gasteiger partial charge in [-0.05, 0) is 47.5 Å². The SMILES string of the molecule is CC(=NNC(=O)COc1ccc2ccccc2c1)c1ccc(F)cc1. The van der Waals surface area contributed by atoms with Crippen molar-refractivity contribution in [2.24, 2.45) is 5.10 Å². The van der Waals surface area contributed by atoms with E-state index >= 15 is 0 Å². The molecule has 3 aromatic rings. The van der Waals surface area contributed by atoms with Crippen molar-refractivity contribution in [1.82, 2.24) is 5.43 Å². The zero-order chi connectivity index (χ0) is 17.6. The third-order valence-electron chi connectivity index (χ3n) is 3.70. The average Bonchev–Trinajstić information content (AvgIpc) is 2.65. The maximum absolute atomic E-state index is 12.9. The molecule has 0 unspecified atom stereocenters. The normalized spacial score (nSPS) is 11.4. The Morgan fingerprint density at radius 2 is 1.76 bits per heavy atom. The Morgan fingerprint density at radius 3 is 2.52 bits per heavy atom. The highest BCUT2D eigenvalue weighted by atomic mass is 19.1. The van der Waals surface area contributed by atoms with Crippen LogP contribution in [0.1, 0.15) is 12.5 Å². The van der Waals surface area contributed by atoms with E-state index < -0.39 is 0 Å². The quantitative estimate of drug-likeness (QED) is 0.567. The molecule has 0 saturated carbocycles. The Kier molecular flexibility index (Phi) is 5.04. The number of fused-ring (bicyclic) bond motifs is 1. The monoisotopic (exact) mass is 336 g/mol. The number of rotatable bonds is 5. The minimum Gasteiger partial charge on any atom is -0.484 e. The van der Waals surface area contributed by atoms with Crippen molar-refractivity contribution in [1.29, 1.82) is 0 Å². The Morgan fingerprint density at radius 1 is 1.04 bits per heavy atom. The number of halogens is 1. The fourth-order valence-corrected chi connectivity index (χ4v) is 2.34. The Hall–Kier alpha value is -3.21. The van der Waals surface area contributed by atoms with Crippen LogP contribution in [0.5, 0.6) is 5.75 Å². The van der Waals surface area contributed by atoms with E-state index in [1.807, 2.05) is 42.5 Å². The molecule has 0 bridgehead atoms. The second-order valence-corrected chi connectivity index (χ2v) is 5.54. The van der Waals surface area contributed by atoms with Crippen molar-refractivity contribution in [2.45, 2.75) is 6.92 Å². The first-order chi connectivity index (χ1) is 12.1. The van der Waals surface area contributed by atoms with Gasteiger partial charge < -0.3 is 4.74 Å². The fraction of sp³-hybridized carbons (Fsp3) is 0.100. The van der Waals surface area contributed by atoms with E-state index in [1.54, 1.807) is 19.1 Å². The van der Waals surface area contributed by atoms with Crippen LogP contribution in [0.15, 0.2) is 71.8 Å². The van der Waals surface area contributed by atoms with Gasteiger partial charge in [-0.15, -0.1) is 0 Å². The van der Waals surface area contributed by atoms with Crippen LogP contribution in [0, 0.1) is 5.82 Å². The van der Waals surface area contributed by atoms with E-state index in [1.165, 1.54) is 12.1 Å².